The van der Waals surface area contributed by atoms with Crippen molar-refractivity contribution in [3.8, 4) is 0 Å². The second-order valence-corrected chi connectivity index (χ2v) is 1.75. The van der Waals surface area contributed by atoms with Crippen LogP contribution in [0.4, 0.5) is 8.78 Å². The number of hydrogen-bond donors (Lipinski definition) is 0. The van der Waals surface area contributed by atoms with Gasteiger partial charge in [0.15, 0.2) is 0 Å². The van der Waals surface area contributed by atoms with E-state index in [1.165, 1.54) is 0 Å². The van der Waals surface area contributed by atoms with Gasteiger partial charge >= 0.3 is 0 Å². The van der Waals surface area contributed by atoms with Gasteiger partial charge in [0.05, 0.1) is 5.03 Å². The molecule has 0 amide bonds. The first-order valence-electron chi connectivity index (χ1n) is 1.67. The monoisotopic (exact) mass is 126 g/mol. The zero-order valence-corrected chi connectivity index (χ0v) is 4.60. The summed E-state index contributed by atoms with van der Waals surface area (Å²) in [5.41, 5.74) is 0. The molecule has 0 heterocycles. The van der Waals surface area contributed by atoms with Crippen molar-refractivity contribution in [3.05, 3.63) is 11.6 Å². The molecule has 0 saturated carbocycles. The lowest BCUT2D eigenvalue weighted by Gasteiger charge is -2.04. The molecule has 3 heteroatoms. The fourth-order valence-electron chi connectivity index (χ4n) is 0. The molecule has 42 valence electrons. The van der Waals surface area contributed by atoms with Gasteiger partial charge in [-0.2, -0.15) is 0 Å². The summed E-state index contributed by atoms with van der Waals surface area (Å²) in [6, 6.07) is 0. The van der Waals surface area contributed by atoms with Gasteiger partial charge in [0.25, 0.3) is 5.92 Å². The van der Waals surface area contributed by atoms with Gasteiger partial charge in [-0.3, -0.25) is 0 Å². The molecule has 7 heavy (non-hydrogen) atoms. The van der Waals surface area contributed by atoms with Gasteiger partial charge in [0, 0.05) is 6.92 Å². The maximum absolute atomic E-state index is 11.6. The van der Waals surface area contributed by atoms with E-state index in [1.54, 1.807) is 0 Å². The van der Waals surface area contributed by atoms with Crippen molar-refractivity contribution in [1.82, 2.24) is 0 Å². The van der Waals surface area contributed by atoms with Crippen LogP contribution in [0.25, 0.3) is 0 Å². The summed E-state index contributed by atoms with van der Waals surface area (Å²) >= 11 is 4.81. The zero-order chi connectivity index (χ0) is 6.08. The van der Waals surface area contributed by atoms with Crippen molar-refractivity contribution < 1.29 is 8.78 Å². The van der Waals surface area contributed by atoms with Crippen LogP contribution in [0.3, 0.4) is 0 Å². The number of rotatable bonds is 1. The summed E-state index contributed by atoms with van der Waals surface area (Å²) in [4.78, 5) is 0. The Labute approximate surface area is 45.8 Å². The standard InChI is InChI=1S/C4H5ClF2/c1-3(5)4(2,6)7/h1H2,2H3. The van der Waals surface area contributed by atoms with Crippen LogP contribution < -0.4 is 0 Å². The van der Waals surface area contributed by atoms with Crippen LogP contribution in [-0.4, -0.2) is 5.92 Å². The van der Waals surface area contributed by atoms with Gasteiger partial charge in [-0.15, -0.1) is 0 Å². The highest BCUT2D eigenvalue weighted by Crippen LogP contribution is 2.23. The Bertz CT molecular complexity index is 82.2. The van der Waals surface area contributed by atoms with Gasteiger partial charge in [0.1, 0.15) is 0 Å². The topological polar surface area (TPSA) is 0 Å². The summed E-state index contributed by atoms with van der Waals surface area (Å²) in [5.74, 6) is -2.93. The average Bonchev–Trinajstić information content (AvgIpc) is 1.31. The van der Waals surface area contributed by atoms with E-state index in [2.05, 4.69) is 6.58 Å². The van der Waals surface area contributed by atoms with Crippen molar-refractivity contribution in [2.75, 3.05) is 0 Å². The molecule has 0 radical (unpaired) electrons. The number of hydrogen-bond acceptors (Lipinski definition) is 0. The van der Waals surface area contributed by atoms with E-state index >= 15 is 0 Å². The lowest BCUT2D eigenvalue weighted by Crippen LogP contribution is -2.07. The van der Waals surface area contributed by atoms with Crippen LogP contribution >= 0.6 is 11.6 Å². The minimum absolute atomic E-state index is 0.618. The highest BCUT2D eigenvalue weighted by atomic mass is 35.5. The van der Waals surface area contributed by atoms with Crippen molar-refractivity contribution in [3.63, 3.8) is 0 Å². The molecular formula is C4H5ClF2. The summed E-state index contributed by atoms with van der Waals surface area (Å²) in [6.45, 7) is 3.54. The minimum atomic E-state index is -2.93. The molecular weight excluding hydrogens is 121 g/mol. The van der Waals surface area contributed by atoms with Gasteiger partial charge in [-0.1, -0.05) is 18.2 Å². The van der Waals surface area contributed by atoms with Crippen molar-refractivity contribution in [2.45, 2.75) is 12.8 Å². The van der Waals surface area contributed by atoms with Crippen LogP contribution in [0.15, 0.2) is 11.6 Å². The molecule has 0 aromatic rings. The normalized spacial score (nSPS) is 11.4. The third-order valence-electron chi connectivity index (χ3n) is 0.476. The summed E-state index contributed by atoms with van der Waals surface area (Å²) in [6.07, 6.45) is 0. The van der Waals surface area contributed by atoms with Gasteiger partial charge in [-0.25, -0.2) is 8.78 Å². The highest BCUT2D eigenvalue weighted by molar-refractivity contribution is 6.30. The molecule has 0 aliphatic rings. The lowest BCUT2D eigenvalue weighted by atomic mass is 10.4. The van der Waals surface area contributed by atoms with Gasteiger partial charge in [-0.05, 0) is 0 Å². The van der Waals surface area contributed by atoms with E-state index in [0.717, 1.165) is 0 Å². The molecule has 0 aliphatic heterocycles. The van der Waals surface area contributed by atoms with Crippen LogP contribution in [0.1, 0.15) is 6.92 Å². The van der Waals surface area contributed by atoms with Crippen molar-refractivity contribution >= 4 is 11.6 Å². The second kappa shape index (κ2) is 1.78. The van der Waals surface area contributed by atoms with E-state index in [-0.39, 0.29) is 0 Å². The highest BCUT2D eigenvalue weighted by Gasteiger charge is 2.23. The molecule has 0 bridgehead atoms. The van der Waals surface area contributed by atoms with Crippen LogP contribution in [0, 0.1) is 0 Å². The fourth-order valence-corrected chi connectivity index (χ4v) is 0. The second-order valence-electron chi connectivity index (χ2n) is 1.29. The summed E-state index contributed by atoms with van der Waals surface area (Å²) in [7, 11) is 0. The Morgan fingerprint density at radius 1 is 1.71 bits per heavy atom. The Morgan fingerprint density at radius 3 is 1.86 bits per heavy atom. The first kappa shape index (κ1) is 6.89. The molecule has 0 nitrogen and oxygen atoms in total. The predicted octanol–water partition coefficient (Wildman–Crippen LogP) is 2.39. The van der Waals surface area contributed by atoms with E-state index in [1.807, 2.05) is 0 Å². The molecule has 0 fully saturated rings. The quantitative estimate of drug-likeness (QED) is 0.506. The Morgan fingerprint density at radius 2 is 1.86 bits per heavy atom. The Hall–Kier alpha value is -0.110. The zero-order valence-electron chi connectivity index (χ0n) is 3.84. The fraction of sp³-hybridized carbons (Fsp3) is 0.500. The molecule has 0 saturated heterocycles. The molecule has 0 aliphatic carbocycles. The maximum Gasteiger partial charge on any atom is 0.280 e. The summed E-state index contributed by atoms with van der Waals surface area (Å²) in [5, 5.41) is -0.618. The van der Waals surface area contributed by atoms with Crippen LogP contribution in [0.5, 0.6) is 0 Å². The Balaban J connectivity index is 3.79. The maximum atomic E-state index is 11.6. The SMILES string of the molecule is C=C(Cl)C(C)(F)F. The summed E-state index contributed by atoms with van der Waals surface area (Å²) < 4.78 is 23.2. The molecule has 0 unspecified atom stereocenters. The lowest BCUT2D eigenvalue weighted by molar-refractivity contribution is 0.0725. The first-order valence-corrected chi connectivity index (χ1v) is 2.05. The minimum Gasteiger partial charge on any atom is -0.201 e. The number of halogens is 3. The molecule has 0 aromatic carbocycles. The van der Waals surface area contributed by atoms with Crippen LogP contribution in [-0.2, 0) is 0 Å². The van der Waals surface area contributed by atoms with Crippen LogP contribution in [0.2, 0.25) is 0 Å². The van der Waals surface area contributed by atoms with E-state index in [4.69, 9.17) is 11.6 Å². The number of alkyl halides is 2. The van der Waals surface area contributed by atoms with E-state index in [0.29, 0.717) is 6.92 Å². The van der Waals surface area contributed by atoms with Crippen molar-refractivity contribution in [1.29, 1.82) is 0 Å². The van der Waals surface area contributed by atoms with Gasteiger partial charge in [0.2, 0.25) is 0 Å². The molecule has 0 rings (SSSR count). The average molecular weight is 127 g/mol. The smallest absolute Gasteiger partial charge is 0.201 e. The third-order valence-corrected chi connectivity index (χ3v) is 0.808. The van der Waals surface area contributed by atoms with E-state index in [9.17, 15) is 8.78 Å². The molecule has 0 spiro atoms. The largest absolute Gasteiger partial charge is 0.280 e. The van der Waals surface area contributed by atoms with E-state index < -0.39 is 11.0 Å². The van der Waals surface area contributed by atoms with Crippen molar-refractivity contribution in [2.24, 2.45) is 0 Å². The third kappa shape index (κ3) is 2.57. The molecule has 0 atom stereocenters. The first-order chi connectivity index (χ1) is 2.94. The predicted molar refractivity (Wildman–Crippen MR) is 25.6 cm³/mol. The number of allylic oxidation sites excluding steroid dienone is 1. The molecule has 0 N–H and O–H groups in total. The Kier molecular flexibility index (Phi) is 1.75. The molecule has 0 aromatic heterocycles. The van der Waals surface area contributed by atoms with Gasteiger partial charge < -0.3 is 0 Å².